The highest BCUT2D eigenvalue weighted by molar-refractivity contribution is 8.13. The molecule has 4 aromatic carbocycles. The molecule has 23 heteroatoms. The SMILES string of the molecule is CCN=C(N)N1CC2(C=N1)CCCC2.CCN=C(NS(=O)(=O)c1ccc(CN2C(=O)c3ccccc3C2=O)cc1)N1CC2(C=N1)CCCC2.ClCCl.O=C1c2ccccc2C(=O)N1Cc1ccc(S(=O)(=O)Cl)cc1. The fourth-order valence-electron chi connectivity index (χ4n) is 9.55. The summed E-state index contributed by atoms with van der Waals surface area (Å²) < 4.78 is 51.2. The van der Waals surface area contributed by atoms with Crippen LogP contribution in [0.15, 0.2) is 127 Å². The van der Waals surface area contributed by atoms with Crippen LogP contribution in [0, 0.1) is 10.8 Å². The van der Waals surface area contributed by atoms with Crippen molar-refractivity contribution in [3.05, 3.63) is 130 Å². The number of nitrogens with two attached hydrogens (primary N) is 1. The second kappa shape index (κ2) is 24.0. The molecule has 74 heavy (non-hydrogen) atoms. The number of guanidine groups is 2. The lowest BCUT2D eigenvalue weighted by Gasteiger charge is -2.24. The summed E-state index contributed by atoms with van der Waals surface area (Å²) in [5.41, 5.74) is 8.93. The lowest BCUT2D eigenvalue weighted by Crippen LogP contribution is -2.43. The number of sulfonamides is 1. The Morgan fingerprint density at radius 2 is 0.959 bits per heavy atom. The highest BCUT2D eigenvalue weighted by Gasteiger charge is 2.41. The van der Waals surface area contributed by atoms with E-state index in [2.05, 4.69) is 31.1 Å². The smallest absolute Gasteiger partial charge is 0.264 e. The van der Waals surface area contributed by atoms with E-state index in [1.165, 1.54) is 67.0 Å². The number of fused-ring (bicyclic) bond motifs is 2. The minimum Gasteiger partial charge on any atom is -0.368 e. The number of alkyl halides is 2. The van der Waals surface area contributed by atoms with E-state index in [-0.39, 0.29) is 63.2 Å². The van der Waals surface area contributed by atoms with Crippen molar-refractivity contribution < 1.29 is 36.0 Å². The summed E-state index contributed by atoms with van der Waals surface area (Å²) in [5, 5.41) is 12.5. The topological polar surface area (TPSA) is 237 Å². The largest absolute Gasteiger partial charge is 0.368 e. The molecule has 392 valence electrons. The molecule has 0 saturated heterocycles. The summed E-state index contributed by atoms with van der Waals surface area (Å²) in [7, 11) is -2.45. The van der Waals surface area contributed by atoms with Gasteiger partial charge in [-0.2, -0.15) is 10.2 Å². The zero-order chi connectivity index (χ0) is 53.3. The van der Waals surface area contributed by atoms with E-state index in [0.29, 0.717) is 57.8 Å². The van der Waals surface area contributed by atoms with Crippen molar-refractivity contribution in [1.82, 2.24) is 24.5 Å². The summed E-state index contributed by atoms with van der Waals surface area (Å²) in [6.45, 7) is 6.66. The summed E-state index contributed by atoms with van der Waals surface area (Å²) in [4.78, 5) is 60.5. The van der Waals surface area contributed by atoms with Crippen LogP contribution in [0.4, 0.5) is 0 Å². The normalized spacial score (nSPS) is 18.3. The molecule has 2 fully saturated rings. The van der Waals surface area contributed by atoms with Crippen LogP contribution < -0.4 is 10.5 Å². The first-order valence-corrected chi connectivity index (χ1v) is 28.9. The van der Waals surface area contributed by atoms with Crippen LogP contribution in [-0.2, 0) is 32.2 Å². The van der Waals surface area contributed by atoms with Crippen LogP contribution in [0.3, 0.4) is 0 Å². The fraction of sp³-hybridized carbons (Fsp3) is 0.373. The third-order valence-electron chi connectivity index (χ3n) is 13.3. The van der Waals surface area contributed by atoms with E-state index in [9.17, 15) is 36.0 Å². The average molecular weight is 1110 g/mol. The van der Waals surface area contributed by atoms with Crippen molar-refractivity contribution in [3.8, 4) is 0 Å². The van der Waals surface area contributed by atoms with Crippen LogP contribution in [0.2, 0.25) is 0 Å². The number of halogens is 3. The van der Waals surface area contributed by atoms with Crippen LogP contribution in [-0.4, -0.2) is 116 Å². The zero-order valence-electron chi connectivity index (χ0n) is 40.9. The van der Waals surface area contributed by atoms with E-state index in [1.807, 2.05) is 25.1 Å². The van der Waals surface area contributed by atoms with Gasteiger partial charge >= 0.3 is 0 Å². The second-order valence-corrected chi connectivity index (χ2v) is 23.3. The van der Waals surface area contributed by atoms with Gasteiger partial charge in [0.05, 0.1) is 63.6 Å². The molecule has 4 heterocycles. The Morgan fingerprint density at radius 1 is 0.595 bits per heavy atom. The van der Waals surface area contributed by atoms with Crippen molar-refractivity contribution in [2.45, 2.75) is 88.1 Å². The molecule has 4 aromatic rings. The first kappa shape index (κ1) is 55.6. The first-order valence-electron chi connectivity index (χ1n) is 24.0. The van der Waals surface area contributed by atoms with Crippen molar-refractivity contribution in [2.75, 3.05) is 31.5 Å². The Morgan fingerprint density at radius 3 is 1.34 bits per heavy atom. The molecule has 0 radical (unpaired) electrons. The lowest BCUT2D eigenvalue weighted by atomic mass is 9.88. The van der Waals surface area contributed by atoms with Crippen molar-refractivity contribution >= 4 is 101 Å². The van der Waals surface area contributed by atoms with Gasteiger partial charge in [-0.05, 0) is 99.2 Å². The molecular formula is C51H57Cl3N10O8S2. The molecule has 0 aromatic heterocycles. The first-order chi connectivity index (χ1) is 35.4. The molecule has 10 rings (SSSR count). The molecule has 0 atom stereocenters. The van der Waals surface area contributed by atoms with Gasteiger partial charge in [0.15, 0.2) is 0 Å². The predicted molar refractivity (Wildman–Crippen MR) is 286 cm³/mol. The molecule has 6 aliphatic rings. The average Bonchev–Trinajstić information content (AvgIpc) is 4.28. The molecule has 3 N–H and O–H groups in total. The Hall–Kier alpha value is -6.19. The fourth-order valence-corrected chi connectivity index (χ4v) is 11.3. The highest BCUT2D eigenvalue weighted by Crippen LogP contribution is 2.41. The van der Waals surface area contributed by atoms with Gasteiger partial charge in [0, 0.05) is 47.0 Å². The molecule has 0 bridgehead atoms. The number of nitrogens with one attached hydrogen (secondary N) is 1. The number of rotatable bonds is 9. The maximum Gasteiger partial charge on any atom is 0.264 e. The van der Waals surface area contributed by atoms with Gasteiger partial charge in [-0.15, -0.1) is 23.2 Å². The minimum atomic E-state index is -3.91. The van der Waals surface area contributed by atoms with Gasteiger partial charge in [-0.25, -0.2) is 31.6 Å². The highest BCUT2D eigenvalue weighted by atomic mass is 35.7. The van der Waals surface area contributed by atoms with Crippen LogP contribution in [0.5, 0.6) is 0 Å². The molecule has 2 spiro atoms. The molecule has 4 amide bonds. The number of carbonyl (C=O) groups excluding carboxylic acids is 4. The van der Waals surface area contributed by atoms with Gasteiger partial charge in [-0.3, -0.25) is 39.0 Å². The Labute approximate surface area is 445 Å². The molecular weight excluding hydrogens is 1050 g/mol. The van der Waals surface area contributed by atoms with Crippen LogP contribution in [0.25, 0.3) is 0 Å². The number of amides is 4. The predicted octanol–water partition coefficient (Wildman–Crippen LogP) is 8.01. The maximum atomic E-state index is 13.1. The van der Waals surface area contributed by atoms with Crippen LogP contribution in [0.1, 0.15) is 118 Å². The molecule has 0 unspecified atom stereocenters. The number of hydrogen-bond donors (Lipinski definition) is 2. The second-order valence-electron chi connectivity index (χ2n) is 18.3. The van der Waals surface area contributed by atoms with Crippen molar-refractivity contribution in [3.63, 3.8) is 0 Å². The van der Waals surface area contributed by atoms with Gasteiger partial charge in [0.1, 0.15) is 0 Å². The van der Waals surface area contributed by atoms with Crippen molar-refractivity contribution in [2.24, 2.45) is 36.8 Å². The number of carbonyl (C=O) groups is 4. The maximum absolute atomic E-state index is 13.1. The number of hydrogen-bond acceptors (Lipinski definition) is 12. The Bertz CT molecular complexity index is 3020. The van der Waals surface area contributed by atoms with Crippen LogP contribution >= 0.6 is 33.9 Å². The Balaban J connectivity index is 0.000000174. The summed E-state index contributed by atoms with van der Waals surface area (Å²) >= 11 is 9.53. The summed E-state index contributed by atoms with van der Waals surface area (Å²) in [5.74, 6) is -0.634. The molecule has 18 nitrogen and oxygen atoms in total. The van der Waals surface area contributed by atoms with E-state index in [0.717, 1.165) is 43.7 Å². The summed E-state index contributed by atoms with van der Waals surface area (Å²) in [6.07, 6.45) is 13.6. The van der Waals surface area contributed by atoms with E-state index < -0.39 is 19.1 Å². The van der Waals surface area contributed by atoms with Gasteiger partial charge in [-0.1, -0.05) is 74.2 Å². The number of aliphatic imine (C=N–C) groups is 2. The van der Waals surface area contributed by atoms with Gasteiger partial charge < -0.3 is 5.73 Å². The number of imide groups is 2. The van der Waals surface area contributed by atoms with Crippen molar-refractivity contribution in [1.29, 1.82) is 0 Å². The number of nitrogens with zero attached hydrogens (tertiary/aromatic N) is 8. The van der Waals surface area contributed by atoms with Gasteiger partial charge in [0.2, 0.25) is 11.9 Å². The standard InChI is InChI=1S/C25H27N5O4S.C15H10ClNO4S.C10H18N4.CH2Cl2/c1-2-26-24(30-17-25(16-27-30)13-5-6-14-25)28-35(33,34)19-11-9-18(10-12-19)15-29-22(31)20-7-3-4-8-21(20)23(29)32;16-22(20,21)11-7-5-10(6-8-11)9-17-14(18)12-3-1-2-4-13(12)15(17)19;1-2-12-9(11)14-8-10(7-13-14)5-3-4-6-10;2-1-3/h3-4,7-12,16H,2,5-6,13-15,17H2,1H3,(H,26,28);1-8H,9H2;7H,2-6,8H2,1H3,(H2,11,12);1H2. The third-order valence-corrected chi connectivity index (χ3v) is 16.0. The van der Waals surface area contributed by atoms with E-state index >= 15 is 0 Å². The van der Waals surface area contributed by atoms with E-state index in [1.54, 1.807) is 65.7 Å². The van der Waals surface area contributed by atoms with Gasteiger partial charge in [0.25, 0.3) is 42.7 Å². The number of benzene rings is 4. The lowest BCUT2D eigenvalue weighted by molar-refractivity contribution is 0.0627. The molecule has 4 aliphatic heterocycles. The minimum absolute atomic E-state index is 0.00566. The summed E-state index contributed by atoms with van der Waals surface area (Å²) in [6, 6.07) is 25.2. The molecule has 2 saturated carbocycles. The molecule has 2 aliphatic carbocycles. The zero-order valence-corrected chi connectivity index (χ0v) is 44.8. The third kappa shape index (κ3) is 12.8. The monoisotopic (exact) mass is 1110 g/mol. The van der Waals surface area contributed by atoms with E-state index in [4.69, 9.17) is 39.6 Å². The number of hydrazone groups is 2. The quantitative estimate of drug-likeness (QED) is 0.0535. The Kier molecular flexibility index (Phi) is 18.0.